The molecule has 1 fully saturated rings. The van der Waals surface area contributed by atoms with Crippen LogP contribution < -0.4 is 15.4 Å². The lowest BCUT2D eigenvalue weighted by atomic mass is 9.80. The predicted octanol–water partition coefficient (Wildman–Crippen LogP) is 3.16. The van der Waals surface area contributed by atoms with E-state index in [1.165, 1.54) is 0 Å². The van der Waals surface area contributed by atoms with Crippen molar-refractivity contribution in [2.45, 2.75) is 78.0 Å². The average Bonchev–Trinajstić information content (AvgIpc) is 2.47. The molecule has 0 saturated carbocycles. The number of nitrogens with zero attached hydrogens (tertiary/aromatic N) is 2. The molecular weight excluding hydrogens is 328 g/mol. The molecule has 1 aromatic rings. The van der Waals surface area contributed by atoms with Crippen LogP contribution in [0.3, 0.4) is 0 Å². The first-order chi connectivity index (χ1) is 11.9. The van der Waals surface area contributed by atoms with Crippen LogP contribution in [-0.2, 0) is 6.54 Å². The number of carbonyl (C=O) groups is 1. The summed E-state index contributed by atoms with van der Waals surface area (Å²) in [5, 5.41) is 6.84. The van der Waals surface area contributed by atoms with Crippen LogP contribution in [0, 0.1) is 13.8 Å². The van der Waals surface area contributed by atoms with Gasteiger partial charge in [0.05, 0.1) is 19.3 Å². The fourth-order valence-electron chi connectivity index (χ4n) is 4.24. The minimum Gasteiger partial charge on any atom is -0.496 e. The van der Waals surface area contributed by atoms with Crippen molar-refractivity contribution < 1.29 is 9.53 Å². The normalized spacial score (nSPS) is 19.1. The monoisotopic (exact) mass is 362 g/mol. The van der Waals surface area contributed by atoms with Crippen LogP contribution in [0.4, 0.5) is 4.79 Å². The number of amides is 2. The van der Waals surface area contributed by atoms with Gasteiger partial charge in [0.25, 0.3) is 0 Å². The second kappa shape index (κ2) is 7.43. The number of hydrogen-bond acceptors (Lipinski definition) is 4. The number of carbonyl (C=O) groups excluding carboxylic acids is 1. The summed E-state index contributed by atoms with van der Waals surface area (Å²) in [5.41, 5.74) is 2.84. The zero-order valence-electron chi connectivity index (χ0n) is 17.5. The lowest BCUT2D eigenvalue weighted by Gasteiger charge is -2.46. The van der Waals surface area contributed by atoms with E-state index >= 15 is 0 Å². The largest absolute Gasteiger partial charge is 0.496 e. The second-order valence-electron chi connectivity index (χ2n) is 8.85. The summed E-state index contributed by atoms with van der Waals surface area (Å²) in [4.78, 5) is 18.9. The molecule has 6 heteroatoms. The first kappa shape index (κ1) is 20.5. The topological polar surface area (TPSA) is 66.5 Å². The number of urea groups is 1. The molecule has 0 atom stereocenters. The van der Waals surface area contributed by atoms with Gasteiger partial charge in [-0.05, 0) is 54.4 Å². The first-order valence-corrected chi connectivity index (χ1v) is 9.24. The predicted molar refractivity (Wildman–Crippen MR) is 105 cm³/mol. The molecule has 0 aliphatic carbocycles. The van der Waals surface area contributed by atoms with Gasteiger partial charge in [-0.3, -0.25) is 4.98 Å². The summed E-state index contributed by atoms with van der Waals surface area (Å²) >= 11 is 0. The van der Waals surface area contributed by atoms with Gasteiger partial charge in [0.15, 0.2) is 0 Å². The van der Waals surface area contributed by atoms with Crippen molar-refractivity contribution in [2.24, 2.45) is 0 Å². The standard InChI is InChI=1S/C20H34N4O2/c1-13-11-21-16(14(2)17(13)26-8)12-24(7)18(25)22-15-9-19(3,4)23-20(5,6)10-15/h11,15,23H,9-10,12H2,1-8H3,(H,22,25). The van der Waals surface area contributed by atoms with Gasteiger partial charge in [-0.15, -0.1) is 0 Å². The quantitative estimate of drug-likeness (QED) is 0.863. The molecule has 0 spiro atoms. The van der Waals surface area contributed by atoms with Gasteiger partial charge >= 0.3 is 6.03 Å². The van der Waals surface area contributed by atoms with E-state index in [1.807, 2.05) is 13.8 Å². The third-order valence-corrected chi connectivity index (χ3v) is 5.00. The summed E-state index contributed by atoms with van der Waals surface area (Å²) in [6.07, 6.45) is 3.61. The Morgan fingerprint density at radius 2 is 1.88 bits per heavy atom. The number of aromatic nitrogens is 1. The summed E-state index contributed by atoms with van der Waals surface area (Å²) in [5.74, 6) is 0.839. The second-order valence-corrected chi connectivity index (χ2v) is 8.85. The van der Waals surface area contributed by atoms with Crippen LogP contribution >= 0.6 is 0 Å². The maximum absolute atomic E-state index is 12.7. The molecule has 2 N–H and O–H groups in total. The van der Waals surface area contributed by atoms with Crippen LogP contribution in [0.5, 0.6) is 5.75 Å². The maximum Gasteiger partial charge on any atom is 0.317 e. The molecule has 1 aliphatic heterocycles. The van der Waals surface area contributed by atoms with Crippen molar-refractivity contribution in [1.29, 1.82) is 0 Å². The third kappa shape index (κ3) is 4.87. The molecule has 2 rings (SSSR count). The van der Waals surface area contributed by atoms with E-state index in [0.29, 0.717) is 6.54 Å². The number of methoxy groups -OCH3 is 1. The van der Waals surface area contributed by atoms with Crippen molar-refractivity contribution in [3.05, 3.63) is 23.0 Å². The van der Waals surface area contributed by atoms with Gasteiger partial charge < -0.3 is 20.3 Å². The SMILES string of the molecule is COc1c(C)cnc(CN(C)C(=O)NC2CC(C)(C)NC(C)(C)C2)c1C. The number of ether oxygens (including phenoxy) is 1. The molecular formula is C20H34N4O2. The Bertz CT molecular complexity index is 654. The highest BCUT2D eigenvalue weighted by molar-refractivity contribution is 5.74. The Kier molecular flexibility index (Phi) is 5.85. The first-order valence-electron chi connectivity index (χ1n) is 9.24. The zero-order chi connectivity index (χ0) is 19.7. The van der Waals surface area contributed by atoms with E-state index in [0.717, 1.165) is 35.4 Å². The highest BCUT2D eigenvalue weighted by atomic mass is 16.5. The summed E-state index contributed by atoms with van der Waals surface area (Å²) in [6, 6.07) is 0.0852. The minimum absolute atomic E-state index is 0.000729. The molecule has 1 saturated heterocycles. The summed E-state index contributed by atoms with van der Waals surface area (Å²) in [6.45, 7) is 13.1. The van der Waals surface area contributed by atoms with Crippen LogP contribution in [0.1, 0.15) is 57.4 Å². The Labute approximate surface area is 157 Å². The number of pyridine rings is 1. The lowest BCUT2D eigenvalue weighted by molar-refractivity contribution is 0.140. The molecule has 0 radical (unpaired) electrons. The van der Waals surface area contributed by atoms with E-state index in [-0.39, 0.29) is 23.2 Å². The van der Waals surface area contributed by atoms with Gasteiger partial charge in [0, 0.05) is 41.5 Å². The van der Waals surface area contributed by atoms with Crippen LogP contribution in [0.15, 0.2) is 6.20 Å². The Morgan fingerprint density at radius 1 is 1.31 bits per heavy atom. The number of aryl methyl sites for hydroxylation is 1. The van der Waals surface area contributed by atoms with E-state index in [1.54, 1.807) is 25.3 Å². The van der Waals surface area contributed by atoms with Gasteiger partial charge in [-0.25, -0.2) is 4.79 Å². The maximum atomic E-state index is 12.7. The molecule has 0 bridgehead atoms. The number of nitrogens with one attached hydrogen (secondary N) is 2. The van der Waals surface area contributed by atoms with Crippen molar-refractivity contribution in [3.8, 4) is 5.75 Å². The molecule has 6 nitrogen and oxygen atoms in total. The highest BCUT2D eigenvalue weighted by Crippen LogP contribution is 2.29. The Balaban J connectivity index is 2.04. The van der Waals surface area contributed by atoms with Gasteiger partial charge in [-0.2, -0.15) is 0 Å². The average molecular weight is 363 g/mol. The third-order valence-electron chi connectivity index (χ3n) is 5.00. The molecule has 1 aliphatic rings. The lowest BCUT2D eigenvalue weighted by Crippen LogP contribution is -2.62. The number of piperidine rings is 1. The van der Waals surface area contributed by atoms with Gasteiger partial charge in [0.1, 0.15) is 5.75 Å². The summed E-state index contributed by atoms with van der Waals surface area (Å²) < 4.78 is 5.46. The zero-order valence-corrected chi connectivity index (χ0v) is 17.5. The summed E-state index contributed by atoms with van der Waals surface area (Å²) in [7, 11) is 3.47. The smallest absolute Gasteiger partial charge is 0.317 e. The van der Waals surface area contributed by atoms with Crippen molar-refractivity contribution >= 4 is 6.03 Å². The molecule has 2 amide bonds. The van der Waals surface area contributed by atoms with E-state index in [9.17, 15) is 4.79 Å². The number of hydrogen-bond donors (Lipinski definition) is 2. The Hall–Kier alpha value is -1.82. The molecule has 26 heavy (non-hydrogen) atoms. The van der Waals surface area contributed by atoms with E-state index in [2.05, 4.69) is 43.3 Å². The van der Waals surface area contributed by atoms with Crippen molar-refractivity contribution in [3.63, 3.8) is 0 Å². The van der Waals surface area contributed by atoms with E-state index < -0.39 is 0 Å². The number of rotatable bonds is 4. The Morgan fingerprint density at radius 3 is 2.42 bits per heavy atom. The van der Waals surface area contributed by atoms with Crippen LogP contribution in [0.25, 0.3) is 0 Å². The van der Waals surface area contributed by atoms with Crippen LogP contribution in [-0.4, -0.2) is 47.2 Å². The fraction of sp³-hybridized carbons (Fsp3) is 0.700. The van der Waals surface area contributed by atoms with Crippen molar-refractivity contribution in [1.82, 2.24) is 20.5 Å². The fourth-order valence-corrected chi connectivity index (χ4v) is 4.24. The molecule has 0 aromatic carbocycles. The molecule has 1 aromatic heterocycles. The molecule has 2 heterocycles. The molecule has 0 unspecified atom stereocenters. The van der Waals surface area contributed by atoms with Gasteiger partial charge in [0.2, 0.25) is 0 Å². The van der Waals surface area contributed by atoms with Crippen LogP contribution in [0.2, 0.25) is 0 Å². The minimum atomic E-state index is -0.0655. The highest BCUT2D eigenvalue weighted by Gasteiger charge is 2.38. The van der Waals surface area contributed by atoms with E-state index in [4.69, 9.17) is 4.74 Å². The van der Waals surface area contributed by atoms with Crippen molar-refractivity contribution in [2.75, 3.05) is 14.2 Å². The van der Waals surface area contributed by atoms with Gasteiger partial charge in [-0.1, -0.05) is 0 Å². The molecule has 146 valence electrons.